The molecule has 0 radical (unpaired) electrons. The first-order valence-corrected chi connectivity index (χ1v) is 10.9. The fraction of sp³-hybridized carbons (Fsp3) is 0.625. The zero-order chi connectivity index (χ0) is 23.2. The van der Waals surface area contributed by atoms with Gasteiger partial charge in [-0.1, -0.05) is 26.0 Å². The Balaban J connectivity index is 2.39. The monoisotopic (exact) mass is 433 g/mol. The Bertz CT molecular complexity index is 765. The Hall–Kier alpha value is -2.57. The van der Waals surface area contributed by atoms with Gasteiger partial charge in [0.25, 0.3) is 0 Å². The van der Waals surface area contributed by atoms with E-state index < -0.39 is 41.3 Å². The number of ether oxygens (including phenoxy) is 2. The maximum atomic E-state index is 13.3. The van der Waals surface area contributed by atoms with E-state index in [1.165, 1.54) is 0 Å². The summed E-state index contributed by atoms with van der Waals surface area (Å²) in [6.45, 7) is 9.73. The van der Waals surface area contributed by atoms with Crippen LogP contribution < -0.4 is 10.1 Å². The highest BCUT2D eigenvalue weighted by Gasteiger charge is 2.38. The van der Waals surface area contributed by atoms with Crippen molar-refractivity contribution in [2.24, 2.45) is 17.8 Å². The van der Waals surface area contributed by atoms with Gasteiger partial charge in [-0.2, -0.15) is 0 Å². The molecule has 7 nitrogen and oxygen atoms in total. The van der Waals surface area contributed by atoms with Crippen LogP contribution in [-0.2, 0) is 25.5 Å². The van der Waals surface area contributed by atoms with Crippen molar-refractivity contribution in [1.82, 2.24) is 5.32 Å². The second-order valence-electron chi connectivity index (χ2n) is 9.61. The van der Waals surface area contributed by atoms with E-state index in [4.69, 9.17) is 9.47 Å². The summed E-state index contributed by atoms with van der Waals surface area (Å²) in [5.41, 5.74) is 0.0947. The number of nitrogens with one attached hydrogen (secondary N) is 1. The Labute approximate surface area is 184 Å². The average Bonchev–Trinajstić information content (AvgIpc) is 2.65. The van der Waals surface area contributed by atoms with Crippen LogP contribution >= 0.6 is 0 Å². The van der Waals surface area contributed by atoms with E-state index in [-0.39, 0.29) is 12.3 Å². The van der Waals surface area contributed by atoms with Gasteiger partial charge in [-0.05, 0) is 63.6 Å². The van der Waals surface area contributed by atoms with Crippen molar-refractivity contribution in [3.63, 3.8) is 0 Å². The van der Waals surface area contributed by atoms with Crippen LogP contribution in [-0.4, -0.2) is 41.2 Å². The Morgan fingerprint density at radius 1 is 1.23 bits per heavy atom. The van der Waals surface area contributed by atoms with Gasteiger partial charge in [-0.25, -0.2) is 4.79 Å². The van der Waals surface area contributed by atoms with E-state index in [1.54, 1.807) is 45.0 Å². The van der Waals surface area contributed by atoms with E-state index in [0.717, 1.165) is 5.56 Å². The summed E-state index contributed by atoms with van der Waals surface area (Å²) in [4.78, 5) is 38.1. The van der Waals surface area contributed by atoms with Gasteiger partial charge in [0.05, 0.1) is 18.4 Å². The third-order valence-electron chi connectivity index (χ3n) is 5.16. The van der Waals surface area contributed by atoms with Gasteiger partial charge in [0.15, 0.2) is 0 Å². The molecule has 1 amide bonds. The molecule has 0 saturated carbocycles. The zero-order valence-corrected chi connectivity index (χ0v) is 19.1. The molecule has 31 heavy (non-hydrogen) atoms. The first kappa shape index (κ1) is 24.7. The summed E-state index contributed by atoms with van der Waals surface area (Å²) in [5, 5.41) is 12.4. The summed E-state index contributed by atoms with van der Waals surface area (Å²) in [7, 11) is 0. The molecule has 3 rings (SSSR count). The lowest BCUT2D eigenvalue weighted by molar-refractivity contribution is -0.164. The average molecular weight is 434 g/mol. The first-order chi connectivity index (χ1) is 14.5. The molecule has 1 aromatic carbocycles. The van der Waals surface area contributed by atoms with Crippen LogP contribution in [0.1, 0.15) is 59.4 Å². The normalized spacial score (nSPS) is 22.9. The van der Waals surface area contributed by atoms with Crippen LogP contribution in [0.25, 0.3) is 0 Å². The van der Waals surface area contributed by atoms with Crippen molar-refractivity contribution in [1.29, 1.82) is 0 Å². The van der Waals surface area contributed by atoms with E-state index >= 15 is 0 Å². The molecular weight excluding hydrogens is 398 g/mol. The van der Waals surface area contributed by atoms with Crippen LogP contribution in [0.15, 0.2) is 24.3 Å². The molecule has 2 bridgehead atoms. The molecule has 0 saturated heterocycles. The molecule has 2 aliphatic heterocycles. The Morgan fingerprint density at radius 3 is 2.42 bits per heavy atom. The number of amides is 1. The Kier molecular flexibility index (Phi) is 8.48. The minimum atomic E-state index is -1.11. The number of carboxylic acid groups (broad SMARTS) is 1. The summed E-state index contributed by atoms with van der Waals surface area (Å²) < 4.78 is 11.4. The highest BCUT2D eigenvalue weighted by molar-refractivity contribution is 5.88. The predicted molar refractivity (Wildman–Crippen MR) is 117 cm³/mol. The van der Waals surface area contributed by atoms with Crippen molar-refractivity contribution in [3.05, 3.63) is 29.8 Å². The van der Waals surface area contributed by atoms with Crippen LogP contribution in [0.2, 0.25) is 0 Å². The molecule has 0 fully saturated rings. The number of aliphatic carboxylic acids is 1. The van der Waals surface area contributed by atoms with Crippen LogP contribution in [0.4, 0.5) is 0 Å². The number of carboxylic acids is 1. The van der Waals surface area contributed by atoms with Gasteiger partial charge in [0.1, 0.15) is 17.4 Å². The molecular formula is C24H35NO6. The number of carbonyl (C=O) groups excluding carboxylic acids is 2. The van der Waals surface area contributed by atoms with E-state index in [1.807, 2.05) is 13.8 Å². The number of hydrogen-bond donors (Lipinski definition) is 2. The number of esters is 1. The molecule has 7 heteroatoms. The minimum absolute atomic E-state index is 0.144. The van der Waals surface area contributed by atoms with Crippen molar-refractivity contribution in [3.8, 4) is 5.75 Å². The van der Waals surface area contributed by atoms with Crippen molar-refractivity contribution in [2.75, 3.05) is 6.61 Å². The first-order valence-electron chi connectivity index (χ1n) is 10.9. The largest absolute Gasteiger partial charge is 0.494 e. The lowest BCUT2D eigenvalue weighted by atomic mass is 9.81. The van der Waals surface area contributed by atoms with Crippen molar-refractivity contribution >= 4 is 17.8 Å². The van der Waals surface area contributed by atoms with Gasteiger partial charge >= 0.3 is 11.9 Å². The van der Waals surface area contributed by atoms with Crippen molar-refractivity contribution in [2.45, 2.75) is 71.9 Å². The second-order valence-corrected chi connectivity index (χ2v) is 9.61. The predicted octanol–water partition coefficient (Wildman–Crippen LogP) is 3.59. The molecule has 3 unspecified atom stereocenters. The smallest absolute Gasteiger partial charge is 0.326 e. The topological polar surface area (TPSA) is 102 Å². The van der Waals surface area contributed by atoms with Gasteiger partial charge < -0.3 is 19.9 Å². The molecule has 2 aliphatic rings. The molecule has 0 aromatic heterocycles. The van der Waals surface area contributed by atoms with E-state index in [9.17, 15) is 19.5 Å². The third-order valence-corrected chi connectivity index (χ3v) is 5.16. The van der Waals surface area contributed by atoms with Crippen molar-refractivity contribution < 1.29 is 29.0 Å². The molecule has 0 aliphatic carbocycles. The molecule has 2 heterocycles. The van der Waals surface area contributed by atoms with Crippen LogP contribution in [0, 0.1) is 17.8 Å². The minimum Gasteiger partial charge on any atom is -0.494 e. The van der Waals surface area contributed by atoms with E-state index in [2.05, 4.69) is 5.32 Å². The summed E-state index contributed by atoms with van der Waals surface area (Å²) >= 11 is 0. The Morgan fingerprint density at radius 2 is 1.87 bits per heavy atom. The van der Waals surface area contributed by atoms with Crippen LogP contribution in [0.5, 0.6) is 5.75 Å². The van der Waals surface area contributed by atoms with Gasteiger partial charge in [0, 0.05) is 6.42 Å². The maximum Gasteiger partial charge on any atom is 0.326 e. The molecule has 2 N–H and O–H groups in total. The molecule has 1 aromatic rings. The third kappa shape index (κ3) is 7.89. The number of hydrogen-bond acceptors (Lipinski definition) is 5. The second kappa shape index (κ2) is 10.6. The molecule has 0 spiro atoms. The standard InChI is InChI=1S/C24H35NO6/c1-15(2)13-19-18(23(29)31-24(3,4)5)7-6-12-30-17-10-8-16(9-11-17)14-20(22(27)28)25-21(19)26/h8-11,15,18-20H,6-7,12-14H2,1-5H3,(H,25,26)(H,27,28). The zero-order valence-electron chi connectivity index (χ0n) is 19.1. The lowest BCUT2D eigenvalue weighted by Crippen LogP contribution is -2.48. The lowest BCUT2D eigenvalue weighted by Gasteiger charge is -2.30. The summed E-state index contributed by atoms with van der Waals surface area (Å²) in [6.07, 6.45) is 1.58. The van der Waals surface area contributed by atoms with E-state index in [0.29, 0.717) is 31.6 Å². The number of fused-ring (bicyclic) bond motifs is 11. The van der Waals surface area contributed by atoms with Gasteiger partial charge in [-0.15, -0.1) is 0 Å². The highest BCUT2D eigenvalue weighted by atomic mass is 16.6. The quantitative estimate of drug-likeness (QED) is 0.704. The molecule has 172 valence electrons. The highest BCUT2D eigenvalue weighted by Crippen LogP contribution is 2.29. The summed E-state index contributed by atoms with van der Waals surface area (Å²) in [6, 6.07) is 6.09. The molecule has 3 atom stereocenters. The number of rotatable bonds is 4. The van der Waals surface area contributed by atoms with Crippen LogP contribution in [0.3, 0.4) is 0 Å². The fourth-order valence-electron chi connectivity index (χ4n) is 3.75. The fourth-order valence-corrected chi connectivity index (χ4v) is 3.75. The summed E-state index contributed by atoms with van der Waals surface area (Å²) in [5.74, 6) is -2.50. The maximum absolute atomic E-state index is 13.3. The number of carbonyl (C=O) groups is 3. The number of benzene rings is 1. The van der Waals surface area contributed by atoms with Gasteiger partial charge in [0.2, 0.25) is 5.91 Å². The van der Waals surface area contributed by atoms with Gasteiger partial charge in [-0.3, -0.25) is 9.59 Å². The SMILES string of the molecule is CC(C)CC1C(=O)NC(C(=O)O)Cc2ccc(cc2)OCCCC1C(=O)OC(C)(C)C.